The number of anilines is 1. The van der Waals surface area contributed by atoms with Crippen molar-refractivity contribution in [3.8, 4) is 5.75 Å². The third-order valence-corrected chi connectivity index (χ3v) is 7.99. The molecule has 4 rings (SSSR count). The molecule has 186 valence electrons. The highest BCUT2D eigenvalue weighted by Crippen LogP contribution is 2.35. The van der Waals surface area contributed by atoms with Crippen LogP contribution in [0.3, 0.4) is 0 Å². The van der Waals surface area contributed by atoms with Gasteiger partial charge >= 0.3 is 15.5 Å². The fraction of sp³-hybridized carbons (Fsp3) is 0.217. The third kappa shape index (κ3) is 5.02. The van der Waals surface area contributed by atoms with Crippen LogP contribution in [0.25, 0.3) is 21.8 Å². The number of rotatable bonds is 7. The second kappa shape index (κ2) is 9.64. The molecule has 1 atom stereocenters. The second-order valence-corrected chi connectivity index (χ2v) is 11.5. The Hall–Kier alpha value is -2.28. The minimum atomic E-state index is -5.79. The number of benzene rings is 3. The van der Waals surface area contributed by atoms with E-state index in [-0.39, 0.29) is 22.3 Å². The smallest absolute Gasteiger partial charge is 0.497 e. The molecule has 35 heavy (non-hydrogen) atoms. The van der Waals surface area contributed by atoms with E-state index in [0.29, 0.717) is 0 Å². The van der Waals surface area contributed by atoms with Crippen LogP contribution in [0.15, 0.2) is 69.6 Å². The van der Waals surface area contributed by atoms with Crippen molar-refractivity contribution in [1.82, 2.24) is 4.57 Å². The molecule has 0 aliphatic rings. The lowest BCUT2D eigenvalue weighted by Gasteiger charge is -2.28. The summed E-state index contributed by atoms with van der Waals surface area (Å²) in [6.07, 6.45) is -1.47. The Morgan fingerprint density at radius 1 is 1.00 bits per heavy atom. The normalized spacial score (nSPS) is 13.3. The van der Waals surface area contributed by atoms with Crippen molar-refractivity contribution in [2.45, 2.75) is 18.2 Å². The zero-order chi connectivity index (χ0) is 25.5. The highest BCUT2D eigenvalue weighted by Gasteiger charge is 2.50. The highest BCUT2D eigenvalue weighted by molar-refractivity contribution is 9.10. The molecule has 0 saturated carbocycles. The van der Waals surface area contributed by atoms with Gasteiger partial charge in [-0.1, -0.05) is 37.9 Å². The van der Waals surface area contributed by atoms with Gasteiger partial charge in [-0.15, -0.1) is 0 Å². The summed E-state index contributed by atoms with van der Waals surface area (Å²) in [5, 5.41) is 12.6. The molecular weight excluding hydrogens is 617 g/mol. The molecule has 1 heterocycles. The predicted octanol–water partition coefficient (Wildman–Crippen LogP) is 6.05. The summed E-state index contributed by atoms with van der Waals surface area (Å²) in [7, 11) is -4.48. The van der Waals surface area contributed by atoms with Crippen molar-refractivity contribution >= 4 is 69.4 Å². The first-order valence-corrected chi connectivity index (χ1v) is 13.2. The molecule has 0 spiro atoms. The molecular formula is C23H19Br2F3N2O4S. The van der Waals surface area contributed by atoms with Crippen molar-refractivity contribution in [3.05, 3.63) is 69.6 Å². The van der Waals surface area contributed by atoms with Crippen molar-refractivity contribution in [1.29, 1.82) is 0 Å². The predicted molar refractivity (Wildman–Crippen MR) is 136 cm³/mol. The Morgan fingerprint density at radius 3 is 2.09 bits per heavy atom. The van der Waals surface area contributed by atoms with Crippen molar-refractivity contribution < 1.29 is 31.4 Å². The molecule has 3 aromatic carbocycles. The summed E-state index contributed by atoms with van der Waals surface area (Å²) in [5.41, 5.74) is -4.34. The highest BCUT2D eigenvalue weighted by atomic mass is 79.9. The van der Waals surface area contributed by atoms with Gasteiger partial charge < -0.3 is 14.4 Å². The van der Waals surface area contributed by atoms with Gasteiger partial charge in [-0.2, -0.15) is 21.6 Å². The molecule has 0 amide bonds. The van der Waals surface area contributed by atoms with Gasteiger partial charge in [-0.3, -0.25) is 4.31 Å². The number of nitrogens with zero attached hydrogens (tertiary/aromatic N) is 2. The molecule has 4 aromatic rings. The largest absolute Gasteiger partial charge is 0.516 e. The molecule has 0 aliphatic heterocycles. The number of hydrogen-bond donors (Lipinski definition) is 1. The first-order chi connectivity index (χ1) is 16.4. The number of sulfonamides is 1. The Balaban J connectivity index is 1.76. The Labute approximate surface area is 216 Å². The summed E-state index contributed by atoms with van der Waals surface area (Å²) in [6.45, 7) is -0.958. The van der Waals surface area contributed by atoms with Gasteiger partial charge in [0.15, 0.2) is 0 Å². The Bertz CT molecular complexity index is 1450. The van der Waals surface area contributed by atoms with E-state index in [0.717, 1.165) is 30.8 Å². The van der Waals surface area contributed by atoms with Gasteiger partial charge in [0.2, 0.25) is 0 Å². The number of fused-ring (bicyclic) bond motifs is 3. The van der Waals surface area contributed by atoms with Crippen molar-refractivity contribution in [3.63, 3.8) is 0 Å². The number of aromatic nitrogens is 1. The number of ether oxygens (including phenoxy) is 1. The third-order valence-electron chi connectivity index (χ3n) is 5.48. The van der Waals surface area contributed by atoms with Crippen LogP contribution >= 0.6 is 31.9 Å². The van der Waals surface area contributed by atoms with Crippen LogP contribution in [0.5, 0.6) is 5.75 Å². The molecule has 0 radical (unpaired) electrons. The monoisotopic (exact) mass is 634 g/mol. The summed E-state index contributed by atoms with van der Waals surface area (Å²) in [5.74, 6) is 0.179. The molecule has 0 aliphatic carbocycles. The average molecular weight is 636 g/mol. The number of aliphatic hydroxyl groups excluding tert-OH is 1. The zero-order valence-electron chi connectivity index (χ0n) is 18.1. The van der Waals surface area contributed by atoms with Crippen molar-refractivity contribution in [2.75, 3.05) is 18.0 Å². The summed E-state index contributed by atoms with van der Waals surface area (Å²) < 4.78 is 74.0. The molecule has 1 N–H and O–H groups in total. The standard InChI is InChI=1S/C23H19Br2F3N2O4S/c1-34-18-4-2-3-16(11-18)30(35(32,33)23(26,27)28)13-17(31)12-29-21-7-5-14(24)9-19(21)20-10-15(25)6-8-22(20)29/h2-11,17,31H,12-13H2,1H3. The lowest BCUT2D eigenvalue weighted by Crippen LogP contribution is -2.45. The van der Waals surface area contributed by atoms with Gasteiger partial charge in [0.1, 0.15) is 5.75 Å². The van der Waals surface area contributed by atoms with Crippen LogP contribution in [0.2, 0.25) is 0 Å². The van der Waals surface area contributed by atoms with Crippen LogP contribution in [-0.4, -0.2) is 43.4 Å². The Kier molecular flexibility index (Phi) is 7.11. The van der Waals surface area contributed by atoms with Gasteiger partial charge in [0, 0.05) is 36.8 Å². The molecule has 1 unspecified atom stereocenters. The number of aliphatic hydroxyl groups is 1. The first-order valence-electron chi connectivity index (χ1n) is 10.2. The zero-order valence-corrected chi connectivity index (χ0v) is 22.1. The van der Waals surface area contributed by atoms with E-state index in [2.05, 4.69) is 31.9 Å². The summed E-state index contributed by atoms with van der Waals surface area (Å²) in [6, 6.07) is 16.3. The molecule has 12 heteroatoms. The van der Waals surface area contributed by atoms with Crippen LogP contribution < -0.4 is 9.04 Å². The van der Waals surface area contributed by atoms with Gasteiger partial charge in [0.05, 0.1) is 32.0 Å². The topological polar surface area (TPSA) is 71.8 Å². The van der Waals surface area contributed by atoms with E-state index in [1.165, 1.54) is 31.4 Å². The minimum absolute atomic E-state index is 0.142. The minimum Gasteiger partial charge on any atom is -0.497 e. The first kappa shape index (κ1) is 25.8. The fourth-order valence-corrected chi connectivity index (χ4v) is 5.67. The average Bonchev–Trinajstić information content (AvgIpc) is 3.08. The molecule has 0 saturated heterocycles. The molecule has 1 aromatic heterocycles. The lowest BCUT2D eigenvalue weighted by molar-refractivity contribution is -0.0440. The maximum atomic E-state index is 13.5. The van der Waals surface area contributed by atoms with E-state index in [1.54, 1.807) is 4.57 Å². The van der Waals surface area contributed by atoms with Crippen LogP contribution in [0.4, 0.5) is 18.9 Å². The van der Waals surface area contributed by atoms with E-state index in [9.17, 15) is 26.7 Å². The van der Waals surface area contributed by atoms with E-state index in [4.69, 9.17) is 4.74 Å². The van der Waals surface area contributed by atoms with Gasteiger partial charge in [0.25, 0.3) is 0 Å². The maximum absolute atomic E-state index is 13.5. The summed E-state index contributed by atoms with van der Waals surface area (Å²) in [4.78, 5) is 0. The van der Waals surface area contributed by atoms with E-state index < -0.39 is 28.2 Å². The van der Waals surface area contributed by atoms with E-state index >= 15 is 0 Å². The van der Waals surface area contributed by atoms with Crippen LogP contribution in [-0.2, 0) is 16.6 Å². The number of halogens is 5. The number of hydrogen-bond acceptors (Lipinski definition) is 4. The molecule has 0 fully saturated rings. The maximum Gasteiger partial charge on any atom is 0.516 e. The SMILES string of the molecule is COc1cccc(N(CC(O)Cn2c3ccc(Br)cc3c3cc(Br)ccc32)S(=O)(=O)C(F)(F)F)c1. The van der Waals surface area contributed by atoms with Gasteiger partial charge in [-0.25, -0.2) is 0 Å². The van der Waals surface area contributed by atoms with Crippen LogP contribution in [0, 0.1) is 0 Å². The molecule has 0 bridgehead atoms. The number of methoxy groups -OCH3 is 1. The van der Waals surface area contributed by atoms with Crippen molar-refractivity contribution in [2.24, 2.45) is 0 Å². The van der Waals surface area contributed by atoms with E-state index in [1.807, 2.05) is 36.4 Å². The Morgan fingerprint density at radius 2 is 1.57 bits per heavy atom. The second-order valence-electron chi connectivity index (χ2n) is 7.77. The fourth-order valence-electron chi connectivity index (χ4n) is 3.94. The quantitative estimate of drug-likeness (QED) is 0.269. The van der Waals surface area contributed by atoms with Gasteiger partial charge in [-0.05, 0) is 48.5 Å². The lowest BCUT2D eigenvalue weighted by atomic mass is 10.2. The van der Waals surface area contributed by atoms with Crippen LogP contribution in [0.1, 0.15) is 0 Å². The molecule has 6 nitrogen and oxygen atoms in total. The number of alkyl halides is 3. The summed E-state index contributed by atoms with van der Waals surface area (Å²) >= 11 is 6.89.